The summed E-state index contributed by atoms with van der Waals surface area (Å²) in [7, 11) is 0. The molecule has 22 heavy (non-hydrogen) atoms. The lowest BCUT2D eigenvalue weighted by molar-refractivity contribution is 0.0990. The number of piperidine rings is 1. The summed E-state index contributed by atoms with van der Waals surface area (Å²) in [6.45, 7) is 1.74. The van der Waals surface area contributed by atoms with E-state index in [1.807, 2.05) is 24.3 Å². The molecular formula is C15H16N6O. The number of hydrogen-bond acceptors (Lipinski definition) is 5. The number of rotatable bonds is 3. The molecule has 2 N–H and O–H groups in total. The molecule has 0 radical (unpaired) electrons. The maximum Gasteiger partial charge on any atom is 0.288 e. The standard InChI is InChI=1S/C15H16N6O/c16-8-11-3-5-12(6-4-11)20-7-1-2-13(9-20)21-10-18-15(19-21)14(17)22/h3-6,10,13H,1-2,7,9H2,(H2,17,22)/t13-/m0/s1. The van der Waals surface area contributed by atoms with Gasteiger partial charge in [0.1, 0.15) is 6.33 Å². The minimum Gasteiger partial charge on any atom is -0.369 e. The molecule has 2 aromatic rings. The number of carbonyl (C=O) groups is 1. The Morgan fingerprint density at radius 1 is 1.36 bits per heavy atom. The van der Waals surface area contributed by atoms with Crippen LogP contribution in [0.15, 0.2) is 30.6 Å². The highest BCUT2D eigenvalue weighted by atomic mass is 16.1. The number of carbonyl (C=O) groups excluding carboxylic acids is 1. The van der Waals surface area contributed by atoms with Gasteiger partial charge in [-0.15, -0.1) is 5.10 Å². The van der Waals surface area contributed by atoms with Gasteiger partial charge in [-0.1, -0.05) is 0 Å². The summed E-state index contributed by atoms with van der Waals surface area (Å²) in [5, 5.41) is 13.0. The van der Waals surface area contributed by atoms with Crippen LogP contribution in [0.5, 0.6) is 0 Å². The van der Waals surface area contributed by atoms with E-state index in [9.17, 15) is 4.79 Å². The first kappa shape index (κ1) is 14.1. The van der Waals surface area contributed by atoms with Gasteiger partial charge in [-0.2, -0.15) is 5.26 Å². The fraction of sp³-hybridized carbons (Fsp3) is 0.333. The second kappa shape index (κ2) is 5.85. The van der Waals surface area contributed by atoms with Crippen LogP contribution in [0.1, 0.15) is 35.1 Å². The van der Waals surface area contributed by atoms with Crippen LogP contribution in [0, 0.1) is 11.3 Å². The van der Waals surface area contributed by atoms with E-state index in [0.717, 1.165) is 31.6 Å². The summed E-state index contributed by atoms with van der Waals surface area (Å²) in [5.41, 5.74) is 6.92. The number of benzene rings is 1. The number of nitriles is 1. The summed E-state index contributed by atoms with van der Waals surface area (Å²) in [5.74, 6) is -0.561. The Morgan fingerprint density at radius 2 is 2.14 bits per heavy atom. The van der Waals surface area contributed by atoms with Gasteiger partial charge in [0.05, 0.1) is 17.7 Å². The minimum atomic E-state index is -0.612. The van der Waals surface area contributed by atoms with Crippen LogP contribution in [0.2, 0.25) is 0 Å². The van der Waals surface area contributed by atoms with Gasteiger partial charge < -0.3 is 10.6 Å². The third-order valence-electron chi connectivity index (χ3n) is 3.86. The number of anilines is 1. The largest absolute Gasteiger partial charge is 0.369 e. The van der Waals surface area contributed by atoms with E-state index in [-0.39, 0.29) is 11.9 Å². The Hall–Kier alpha value is -2.88. The molecule has 1 saturated heterocycles. The summed E-state index contributed by atoms with van der Waals surface area (Å²) >= 11 is 0. The minimum absolute atomic E-state index is 0.0514. The maximum absolute atomic E-state index is 11.1. The van der Waals surface area contributed by atoms with Crippen LogP contribution in [-0.4, -0.2) is 33.8 Å². The van der Waals surface area contributed by atoms with Gasteiger partial charge in [0.25, 0.3) is 5.91 Å². The number of nitrogens with zero attached hydrogens (tertiary/aromatic N) is 5. The Bertz CT molecular complexity index is 714. The van der Waals surface area contributed by atoms with Crippen molar-refractivity contribution in [1.82, 2.24) is 14.8 Å². The second-order valence-corrected chi connectivity index (χ2v) is 5.31. The molecule has 1 fully saturated rings. The number of hydrogen-bond donors (Lipinski definition) is 1. The highest BCUT2D eigenvalue weighted by Gasteiger charge is 2.23. The summed E-state index contributed by atoms with van der Waals surface area (Å²) in [4.78, 5) is 17.3. The molecule has 0 unspecified atom stereocenters. The molecule has 1 atom stereocenters. The van der Waals surface area contributed by atoms with Gasteiger partial charge in [0, 0.05) is 18.8 Å². The summed E-state index contributed by atoms with van der Waals surface area (Å²) in [6.07, 6.45) is 3.57. The average Bonchev–Trinajstić information content (AvgIpc) is 3.05. The van der Waals surface area contributed by atoms with Crippen molar-refractivity contribution in [2.24, 2.45) is 5.73 Å². The third-order valence-corrected chi connectivity index (χ3v) is 3.86. The molecule has 1 aliphatic heterocycles. The summed E-state index contributed by atoms with van der Waals surface area (Å²) in [6, 6.07) is 9.83. The Labute approximate surface area is 128 Å². The van der Waals surface area contributed by atoms with Crippen molar-refractivity contribution < 1.29 is 4.79 Å². The molecule has 1 aromatic carbocycles. The molecular weight excluding hydrogens is 280 g/mol. The zero-order chi connectivity index (χ0) is 15.5. The lowest BCUT2D eigenvalue weighted by atomic mass is 10.0. The SMILES string of the molecule is N#Cc1ccc(N2CCC[C@H](n3cnc(C(N)=O)n3)C2)cc1. The molecule has 112 valence electrons. The van der Waals surface area contributed by atoms with Gasteiger partial charge in [-0.25, -0.2) is 9.67 Å². The smallest absolute Gasteiger partial charge is 0.288 e. The zero-order valence-electron chi connectivity index (χ0n) is 12.0. The first-order chi connectivity index (χ1) is 10.7. The van der Waals surface area contributed by atoms with Crippen molar-refractivity contribution in [2.75, 3.05) is 18.0 Å². The Morgan fingerprint density at radius 3 is 2.77 bits per heavy atom. The second-order valence-electron chi connectivity index (χ2n) is 5.31. The van der Waals surface area contributed by atoms with Crippen LogP contribution in [0.25, 0.3) is 0 Å². The topological polar surface area (TPSA) is 101 Å². The first-order valence-electron chi connectivity index (χ1n) is 7.13. The number of primary amides is 1. The third kappa shape index (κ3) is 2.76. The van der Waals surface area contributed by atoms with Gasteiger partial charge in [-0.05, 0) is 37.1 Å². The summed E-state index contributed by atoms with van der Waals surface area (Å²) < 4.78 is 1.72. The van der Waals surface area contributed by atoms with E-state index >= 15 is 0 Å². The quantitative estimate of drug-likeness (QED) is 0.913. The lowest BCUT2D eigenvalue weighted by Gasteiger charge is -2.34. The number of aromatic nitrogens is 3. The molecule has 0 saturated carbocycles. The maximum atomic E-state index is 11.1. The molecule has 1 amide bonds. The predicted molar refractivity (Wildman–Crippen MR) is 80.2 cm³/mol. The number of amides is 1. The van der Waals surface area contributed by atoms with E-state index in [0.29, 0.717) is 5.56 Å². The molecule has 2 heterocycles. The van der Waals surface area contributed by atoms with Crippen molar-refractivity contribution in [3.63, 3.8) is 0 Å². The van der Waals surface area contributed by atoms with Crippen LogP contribution in [-0.2, 0) is 0 Å². The van der Waals surface area contributed by atoms with E-state index < -0.39 is 5.91 Å². The van der Waals surface area contributed by atoms with Gasteiger partial charge in [-0.3, -0.25) is 4.79 Å². The fourth-order valence-electron chi connectivity index (χ4n) is 2.72. The molecule has 7 nitrogen and oxygen atoms in total. The predicted octanol–water partition coefficient (Wildman–Crippen LogP) is 1.09. The Kier molecular flexibility index (Phi) is 3.74. The molecule has 7 heteroatoms. The van der Waals surface area contributed by atoms with Gasteiger partial charge in [0.15, 0.2) is 0 Å². The fourth-order valence-corrected chi connectivity index (χ4v) is 2.72. The molecule has 1 aliphatic rings. The van der Waals surface area contributed by atoms with E-state index in [4.69, 9.17) is 11.0 Å². The number of nitrogens with two attached hydrogens (primary N) is 1. The normalized spacial score (nSPS) is 18.0. The molecule has 0 spiro atoms. The lowest BCUT2D eigenvalue weighted by Crippen LogP contribution is -2.36. The van der Waals surface area contributed by atoms with Crippen molar-refractivity contribution in [1.29, 1.82) is 5.26 Å². The average molecular weight is 296 g/mol. The molecule has 3 rings (SSSR count). The van der Waals surface area contributed by atoms with Crippen molar-refractivity contribution >= 4 is 11.6 Å². The van der Waals surface area contributed by atoms with Crippen molar-refractivity contribution in [2.45, 2.75) is 18.9 Å². The van der Waals surface area contributed by atoms with Crippen LogP contribution in [0.4, 0.5) is 5.69 Å². The zero-order valence-corrected chi connectivity index (χ0v) is 12.0. The molecule has 1 aromatic heterocycles. The van der Waals surface area contributed by atoms with Crippen LogP contribution >= 0.6 is 0 Å². The highest BCUT2D eigenvalue weighted by Crippen LogP contribution is 2.25. The molecule has 0 bridgehead atoms. The van der Waals surface area contributed by atoms with E-state index in [1.165, 1.54) is 0 Å². The highest BCUT2D eigenvalue weighted by molar-refractivity contribution is 5.88. The monoisotopic (exact) mass is 296 g/mol. The van der Waals surface area contributed by atoms with E-state index in [2.05, 4.69) is 21.1 Å². The Balaban J connectivity index is 1.75. The van der Waals surface area contributed by atoms with Crippen LogP contribution < -0.4 is 10.6 Å². The van der Waals surface area contributed by atoms with Crippen molar-refractivity contribution in [3.05, 3.63) is 42.0 Å². The van der Waals surface area contributed by atoms with Gasteiger partial charge >= 0.3 is 0 Å². The van der Waals surface area contributed by atoms with Crippen molar-refractivity contribution in [3.8, 4) is 6.07 Å². The van der Waals surface area contributed by atoms with Gasteiger partial charge in [0.2, 0.25) is 5.82 Å². The van der Waals surface area contributed by atoms with Crippen LogP contribution in [0.3, 0.4) is 0 Å². The molecule has 0 aliphatic carbocycles. The van der Waals surface area contributed by atoms with E-state index in [1.54, 1.807) is 11.0 Å². The first-order valence-corrected chi connectivity index (χ1v) is 7.13.